The molecule has 3 heterocycles. The summed E-state index contributed by atoms with van der Waals surface area (Å²) in [5.41, 5.74) is 2.41. The number of carbonyl (C=O) groups is 3. The van der Waals surface area contributed by atoms with Gasteiger partial charge in [0, 0.05) is 23.3 Å². The summed E-state index contributed by atoms with van der Waals surface area (Å²) in [7, 11) is 0. The largest absolute Gasteiger partial charge is 0.359 e. The second-order valence-corrected chi connectivity index (χ2v) is 11.8. The van der Waals surface area contributed by atoms with E-state index in [0.29, 0.717) is 10.7 Å². The fourth-order valence-electron chi connectivity index (χ4n) is 6.82. The molecule has 7 nitrogen and oxygen atoms in total. The van der Waals surface area contributed by atoms with Gasteiger partial charge in [-0.3, -0.25) is 14.4 Å². The maximum Gasteiger partial charge on any atom is 0.246 e. The normalized spacial score (nSPS) is 29.5. The van der Waals surface area contributed by atoms with Crippen LogP contribution in [0.1, 0.15) is 48.8 Å². The Labute approximate surface area is 233 Å². The van der Waals surface area contributed by atoms with Gasteiger partial charge in [0.25, 0.3) is 0 Å². The third-order valence-corrected chi connectivity index (χ3v) is 9.32. The molecule has 2 N–H and O–H groups in total. The number of anilines is 1. The van der Waals surface area contributed by atoms with Crippen molar-refractivity contribution < 1.29 is 19.1 Å². The molecule has 5 unspecified atom stereocenters. The van der Waals surface area contributed by atoms with E-state index in [0.717, 1.165) is 42.4 Å². The predicted molar refractivity (Wildman–Crippen MR) is 149 cm³/mol. The molecule has 5 atom stereocenters. The third-order valence-electron chi connectivity index (χ3n) is 8.95. The summed E-state index contributed by atoms with van der Waals surface area (Å²) in [6, 6.07) is 12.2. The molecular weight excluding hydrogens is 514 g/mol. The maximum absolute atomic E-state index is 14.2. The molecule has 204 valence electrons. The first-order chi connectivity index (χ1) is 18.8. The number of hydrogen-bond acceptors (Lipinski definition) is 4. The summed E-state index contributed by atoms with van der Waals surface area (Å²) < 4.78 is 6.46. The second-order valence-electron chi connectivity index (χ2n) is 11.4. The molecule has 6 rings (SSSR count). The summed E-state index contributed by atoms with van der Waals surface area (Å²) in [5, 5.41) is 6.75. The van der Waals surface area contributed by atoms with Gasteiger partial charge in [-0.1, -0.05) is 67.3 Å². The zero-order valence-corrected chi connectivity index (χ0v) is 23.0. The number of aryl methyl sites for hydroxylation is 2. The number of nitrogens with one attached hydrogen (secondary N) is 2. The van der Waals surface area contributed by atoms with Gasteiger partial charge < -0.3 is 20.3 Å². The maximum atomic E-state index is 14.2. The van der Waals surface area contributed by atoms with Crippen LogP contribution in [0.15, 0.2) is 54.6 Å². The Morgan fingerprint density at radius 3 is 2.56 bits per heavy atom. The van der Waals surface area contributed by atoms with Crippen molar-refractivity contribution in [3.63, 3.8) is 0 Å². The fraction of sp³-hybridized carbons (Fsp3) is 0.452. The molecule has 3 aliphatic heterocycles. The van der Waals surface area contributed by atoms with Crippen LogP contribution in [0.5, 0.6) is 0 Å². The predicted octanol–water partition coefficient (Wildman–Crippen LogP) is 4.70. The Morgan fingerprint density at radius 1 is 1.05 bits per heavy atom. The number of amides is 3. The monoisotopic (exact) mass is 547 g/mol. The van der Waals surface area contributed by atoms with Crippen molar-refractivity contribution in [1.82, 2.24) is 10.2 Å². The Kier molecular flexibility index (Phi) is 6.76. The SMILES string of the molecule is Cc1ccc(NC(=O)C2C3C=CC4(O3)C2C(=O)N(Cc2ccccc2Cl)C4C(=O)NC2CCCCC2)cc1C. The smallest absolute Gasteiger partial charge is 0.246 e. The lowest BCUT2D eigenvalue weighted by molar-refractivity contribution is -0.142. The van der Waals surface area contributed by atoms with Gasteiger partial charge in [-0.25, -0.2) is 0 Å². The first-order valence-electron chi connectivity index (χ1n) is 13.9. The minimum Gasteiger partial charge on any atom is -0.359 e. The highest BCUT2D eigenvalue weighted by atomic mass is 35.5. The summed E-state index contributed by atoms with van der Waals surface area (Å²) in [4.78, 5) is 43.4. The minimum atomic E-state index is -1.20. The number of fused-ring (bicyclic) bond motifs is 1. The molecule has 0 aromatic heterocycles. The Balaban J connectivity index is 1.33. The van der Waals surface area contributed by atoms with E-state index in [1.807, 2.05) is 62.4 Å². The van der Waals surface area contributed by atoms with E-state index in [2.05, 4.69) is 10.6 Å². The molecule has 1 spiro atoms. The van der Waals surface area contributed by atoms with E-state index in [9.17, 15) is 14.4 Å². The molecule has 39 heavy (non-hydrogen) atoms. The average Bonchev–Trinajstić information content (AvgIpc) is 3.56. The van der Waals surface area contributed by atoms with Crippen molar-refractivity contribution in [2.45, 2.75) is 76.3 Å². The molecule has 2 saturated heterocycles. The van der Waals surface area contributed by atoms with Crippen molar-refractivity contribution in [3.05, 3.63) is 76.3 Å². The highest BCUT2D eigenvalue weighted by molar-refractivity contribution is 6.31. The van der Waals surface area contributed by atoms with Crippen molar-refractivity contribution in [2.24, 2.45) is 11.8 Å². The van der Waals surface area contributed by atoms with E-state index in [4.69, 9.17) is 16.3 Å². The number of benzene rings is 2. The number of carbonyl (C=O) groups excluding carboxylic acids is 3. The number of hydrogen-bond donors (Lipinski definition) is 2. The molecule has 3 fully saturated rings. The minimum absolute atomic E-state index is 0.0745. The quantitative estimate of drug-likeness (QED) is 0.513. The van der Waals surface area contributed by atoms with Crippen LogP contribution < -0.4 is 10.6 Å². The van der Waals surface area contributed by atoms with E-state index < -0.39 is 29.6 Å². The zero-order chi connectivity index (χ0) is 27.3. The lowest BCUT2D eigenvalue weighted by Crippen LogP contribution is -2.56. The van der Waals surface area contributed by atoms with Gasteiger partial charge in [0.2, 0.25) is 17.7 Å². The topological polar surface area (TPSA) is 87.7 Å². The number of rotatable bonds is 6. The van der Waals surface area contributed by atoms with E-state index in [1.54, 1.807) is 11.0 Å². The van der Waals surface area contributed by atoms with Gasteiger partial charge >= 0.3 is 0 Å². The van der Waals surface area contributed by atoms with Gasteiger partial charge in [-0.05, 0) is 61.6 Å². The van der Waals surface area contributed by atoms with Crippen LogP contribution in [0, 0.1) is 25.7 Å². The van der Waals surface area contributed by atoms with Crippen molar-refractivity contribution in [2.75, 3.05) is 5.32 Å². The van der Waals surface area contributed by atoms with Gasteiger partial charge in [0.15, 0.2) is 0 Å². The lowest BCUT2D eigenvalue weighted by atomic mass is 9.74. The Bertz CT molecular complexity index is 1350. The van der Waals surface area contributed by atoms with E-state index in [-0.39, 0.29) is 30.3 Å². The van der Waals surface area contributed by atoms with E-state index >= 15 is 0 Å². The van der Waals surface area contributed by atoms with Gasteiger partial charge in [0.05, 0.1) is 17.9 Å². The molecular formula is C31H34ClN3O4. The fourth-order valence-corrected chi connectivity index (χ4v) is 7.02. The molecule has 0 radical (unpaired) electrons. The first-order valence-corrected chi connectivity index (χ1v) is 14.3. The molecule has 1 aliphatic carbocycles. The first kappa shape index (κ1) is 26.1. The van der Waals surface area contributed by atoms with Crippen LogP contribution in [0.2, 0.25) is 5.02 Å². The molecule has 4 aliphatic rings. The molecule has 2 aromatic rings. The van der Waals surface area contributed by atoms with Crippen LogP contribution >= 0.6 is 11.6 Å². The molecule has 8 heteroatoms. The second kappa shape index (κ2) is 10.1. The van der Waals surface area contributed by atoms with Crippen LogP contribution in [-0.4, -0.2) is 46.4 Å². The highest BCUT2D eigenvalue weighted by Gasteiger charge is 2.72. The molecule has 2 aromatic carbocycles. The van der Waals surface area contributed by atoms with Crippen molar-refractivity contribution in [3.8, 4) is 0 Å². The number of likely N-dealkylation sites (tertiary alicyclic amines) is 1. The summed E-state index contributed by atoms with van der Waals surface area (Å²) in [6.07, 6.45) is 8.28. The van der Waals surface area contributed by atoms with Gasteiger partial charge in [-0.15, -0.1) is 0 Å². The summed E-state index contributed by atoms with van der Waals surface area (Å²) in [5.74, 6) is -2.32. The van der Waals surface area contributed by atoms with Gasteiger partial charge in [-0.2, -0.15) is 0 Å². The van der Waals surface area contributed by atoms with Crippen LogP contribution in [0.3, 0.4) is 0 Å². The van der Waals surface area contributed by atoms with Crippen molar-refractivity contribution >= 4 is 35.0 Å². The lowest BCUT2D eigenvalue weighted by Gasteiger charge is -2.34. The van der Waals surface area contributed by atoms with Crippen LogP contribution in [0.4, 0.5) is 5.69 Å². The number of ether oxygens (including phenoxy) is 1. The van der Waals surface area contributed by atoms with Crippen LogP contribution in [0.25, 0.3) is 0 Å². The third kappa shape index (κ3) is 4.45. The van der Waals surface area contributed by atoms with Gasteiger partial charge in [0.1, 0.15) is 11.6 Å². The Hall–Kier alpha value is -3.16. The van der Waals surface area contributed by atoms with Crippen molar-refractivity contribution in [1.29, 1.82) is 0 Å². The number of nitrogens with zero attached hydrogens (tertiary/aromatic N) is 1. The number of halogens is 1. The highest BCUT2D eigenvalue weighted by Crippen LogP contribution is 2.55. The summed E-state index contributed by atoms with van der Waals surface area (Å²) in [6.45, 7) is 4.17. The van der Waals surface area contributed by atoms with E-state index in [1.165, 1.54) is 6.42 Å². The Morgan fingerprint density at radius 2 is 1.82 bits per heavy atom. The molecule has 3 amide bonds. The molecule has 1 saturated carbocycles. The zero-order valence-electron chi connectivity index (χ0n) is 22.3. The molecule has 2 bridgehead atoms. The van der Waals surface area contributed by atoms with Crippen LogP contribution in [-0.2, 0) is 25.7 Å². The standard InChI is InChI=1S/C31H34ClN3O4/c1-18-12-13-22(16-19(18)2)34-28(36)25-24-14-15-31(39-24)26(25)30(38)35(17-20-8-6-7-11-23(20)32)27(31)29(37)33-21-9-4-3-5-10-21/h6-8,11-16,21,24-27H,3-5,9-10,17H2,1-2H3,(H,33,37)(H,34,36). The summed E-state index contributed by atoms with van der Waals surface area (Å²) >= 11 is 6.48. The average molecular weight is 548 g/mol.